The van der Waals surface area contributed by atoms with Crippen LogP contribution < -0.4 is 0 Å². The Morgan fingerprint density at radius 1 is 1.00 bits per heavy atom. The smallest absolute Gasteiger partial charge is 0.337 e. The summed E-state index contributed by atoms with van der Waals surface area (Å²) in [5.74, 6) is 2.14. The average Bonchev–Trinajstić information content (AvgIpc) is 2.53. The molecule has 0 aromatic heterocycles. The van der Waals surface area contributed by atoms with E-state index in [-0.39, 0.29) is 4.90 Å². The molecule has 2 aromatic rings. The molecule has 0 aliphatic rings. The monoisotopic (exact) mass is 314 g/mol. The zero-order valence-corrected chi connectivity index (χ0v) is 13.0. The van der Waals surface area contributed by atoms with Crippen LogP contribution in [-0.4, -0.2) is 21.5 Å². The zero-order valence-electron chi connectivity index (χ0n) is 12.2. The largest absolute Gasteiger partial charge is 0.465 e. The van der Waals surface area contributed by atoms with E-state index >= 15 is 0 Å². The first kappa shape index (κ1) is 15.8. The predicted octanol–water partition coefficient (Wildman–Crippen LogP) is 2.56. The molecular weight excluding hydrogens is 300 g/mol. The van der Waals surface area contributed by atoms with E-state index in [1.165, 1.54) is 31.4 Å². The molecule has 0 spiro atoms. The number of sulfone groups is 1. The number of methoxy groups -OCH3 is 1. The molecular formula is C17H14O4S. The van der Waals surface area contributed by atoms with Gasteiger partial charge in [0.1, 0.15) is 0 Å². The van der Waals surface area contributed by atoms with Crippen LogP contribution in [0.4, 0.5) is 0 Å². The van der Waals surface area contributed by atoms with E-state index in [1.807, 2.05) is 6.92 Å². The lowest BCUT2D eigenvalue weighted by Crippen LogP contribution is -2.00. The molecule has 0 unspecified atom stereocenters. The Hall–Kier alpha value is -2.58. The number of hydrogen-bond acceptors (Lipinski definition) is 4. The number of hydrogen-bond donors (Lipinski definition) is 0. The van der Waals surface area contributed by atoms with Gasteiger partial charge in [0.15, 0.2) is 0 Å². The quantitative estimate of drug-likeness (QED) is 0.631. The number of benzene rings is 2. The van der Waals surface area contributed by atoms with E-state index < -0.39 is 15.8 Å². The van der Waals surface area contributed by atoms with E-state index in [4.69, 9.17) is 0 Å². The van der Waals surface area contributed by atoms with Crippen molar-refractivity contribution in [2.24, 2.45) is 0 Å². The topological polar surface area (TPSA) is 60.4 Å². The summed E-state index contributed by atoms with van der Waals surface area (Å²) in [6.07, 6.45) is 0. The molecule has 4 nitrogen and oxygen atoms in total. The minimum Gasteiger partial charge on any atom is -0.465 e. The Morgan fingerprint density at radius 2 is 1.59 bits per heavy atom. The van der Waals surface area contributed by atoms with E-state index in [0.29, 0.717) is 11.1 Å². The van der Waals surface area contributed by atoms with Crippen LogP contribution in [0.3, 0.4) is 0 Å². The Balaban J connectivity index is 2.25. The molecule has 0 fully saturated rings. The first-order valence-electron chi connectivity index (χ1n) is 6.45. The van der Waals surface area contributed by atoms with Gasteiger partial charge in [-0.15, -0.1) is 0 Å². The lowest BCUT2D eigenvalue weighted by atomic mass is 10.1. The van der Waals surface area contributed by atoms with Crippen molar-refractivity contribution in [2.75, 3.05) is 7.11 Å². The minimum atomic E-state index is -3.66. The average molecular weight is 314 g/mol. The van der Waals surface area contributed by atoms with Gasteiger partial charge in [0.25, 0.3) is 0 Å². The van der Waals surface area contributed by atoms with Crippen molar-refractivity contribution in [1.29, 1.82) is 0 Å². The SMILES string of the molecule is COC(=O)c1ccc(C#CS(=O)(=O)c2ccc(C)cc2)cc1. The summed E-state index contributed by atoms with van der Waals surface area (Å²) in [6.45, 7) is 1.88. The van der Waals surface area contributed by atoms with Crippen molar-refractivity contribution in [3.8, 4) is 11.2 Å². The molecule has 0 saturated carbocycles. The predicted molar refractivity (Wildman–Crippen MR) is 83.0 cm³/mol. The summed E-state index contributed by atoms with van der Waals surface area (Å²) < 4.78 is 28.8. The maximum atomic E-state index is 12.1. The van der Waals surface area contributed by atoms with Crippen molar-refractivity contribution in [3.63, 3.8) is 0 Å². The van der Waals surface area contributed by atoms with Crippen LogP contribution in [-0.2, 0) is 14.6 Å². The molecule has 22 heavy (non-hydrogen) atoms. The molecule has 5 heteroatoms. The molecule has 0 bridgehead atoms. The summed E-state index contributed by atoms with van der Waals surface area (Å²) in [6, 6.07) is 12.7. The van der Waals surface area contributed by atoms with Gasteiger partial charge >= 0.3 is 5.97 Å². The van der Waals surface area contributed by atoms with Gasteiger partial charge in [-0.2, -0.15) is 0 Å². The van der Waals surface area contributed by atoms with E-state index in [9.17, 15) is 13.2 Å². The maximum absolute atomic E-state index is 12.1. The van der Waals surface area contributed by atoms with Crippen LogP contribution in [0.25, 0.3) is 0 Å². The molecule has 0 radical (unpaired) electrons. The van der Waals surface area contributed by atoms with Crippen LogP contribution >= 0.6 is 0 Å². The molecule has 0 amide bonds. The molecule has 0 aliphatic heterocycles. The van der Waals surface area contributed by atoms with E-state index in [2.05, 4.69) is 15.9 Å². The second kappa shape index (κ2) is 6.46. The molecule has 112 valence electrons. The Bertz CT molecular complexity index is 836. The van der Waals surface area contributed by atoms with Gasteiger partial charge in [0.2, 0.25) is 9.84 Å². The number of carbonyl (C=O) groups is 1. The highest BCUT2D eigenvalue weighted by Gasteiger charge is 2.10. The lowest BCUT2D eigenvalue weighted by molar-refractivity contribution is 0.0600. The fourth-order valence-electron chi connectivity index (χ4n) is 1.71. The van der Waals surface area contributed by atoms with Crippen molar-refractivity contribution >= 4 is 15.8 Å². The third kappa shape index (κ3) is 3.74. The first-order valence-corrected chi connectivity index (χ1v) is 7.93. The zero-order chi connectivity index (χ0) is 16.2. The summed E-state index contributed by atoms with van der Waals surface area (Å²) in [5.41, 5.74) is 1.86. The van der Waals surface area contributed by atoms with Gasteiger partial charge in [-0.25, -0.2) is 13.2 Å². The fourth-order valence-corrected chi connectivity index (χ4v) is 2.57. The Morgan fingerprint density at radius 3 is 2.14 bits per heavy atom. The second-order valence-corrected chi connectivity index (χ2v) is 6.29. The van der Waals surface area contributed by atoms with Gasteiger partial charge in [-0.05, 0) is 49.2 Å². The van der Waals surface area contributed by atoms with Gasteiger partial charge in [0.05, 0.1) is 17.6 Å². The summed E-state index contributed by atoms with van der Waals surface area (Å²) in [7, 11) is -2.36. The van der Waals surface area contributed by atoms with Crippen LogP contribution in [0.1, 0.15) is 21.5 Å². The highest BCUT2D eigenvalue weighted by molar-refractivity contribution is 7.96. The van der Waals surface area contributed by atoms with Crippen molar-refractivity contribution in [3.05, 3.63) is 65.2 Å². The number of aryl methyl sites for hydroxylation is 1. The normalized spacial score (nSPS) is 10.5. The number of rotatable bonds is 2. The van der Waals surface area contributed by atoms with Crippen molar-refractivity contribution in [2.45, 2.75) is 11.8 Å². The maximum Gasteiger partial charge on any atom is 0.337 e. The molecule has 0 aliphatic carbocycles. The molecule has 0 heterocycles. The first-order chi connectivity index (χ1) is 10.4. The highest BCUT2D eigenvalue weighted by Crippen LogP contribution is 2.11. The standard InChI is InChI=1S/C17H14O4S/c1-13-3-9-16(10-4-13)22(19,20)12-11-14-5-7-15(8-6-14)17(18)21-2/h3-10H,1-2H3. The molecule has 0 N–H and O–H groups in total. The fraction of sp³-hybridized carbons (Fsp3) is 0.118. The number of ether oxygens (including phenoxy) is 1. The van der Waals surface area contributed by atoms with Crippen molar-refractivity contribution in [1.82, 2.24) is 0 Å². The Labute approximate surface area is 129 Å². The highest BCUT2D eigenvalue weighted by atomic mass is 32.2. The third-order valence-corrected chi connectivity index (χ3v) is 4.23. The van der Waals surface area contributed by atoms with Crippen LogP contribution in [0.2, 0.25) is 0 Å². The second-order valence-electron chi connectivity index (χ2n) is 4.61. The summed E-state index contributed by atoms with van der Waals surface area (Å²) >= 11 is 0. The molecule has 0 atom stereocenters. The third-order valence-electron chi connectivity index (χ3n) is 2.97. The van der Waals surface area contributed by atoms with Crippen LogP contribution in [0.15, 0.2) is 53.4 Å². The molecule has 0 saturated heterocycles. The Kier molecular flexibility index (Phi) is 4.64. The van der Waals surface area contributed by atoms with Gasteiger partial charge in [-0.3, -0.25) is 0 Å². The summed E-state index contributed by atoms with van der Waals surface area (Å²) in [5, 5.41) is 2.28. The van der Waals surface area contributed by atoms with E-state index in [1.54, 1.807) is 24.3 Å². The number of esters is 1. The van der Waals surface area contributed by atoms with Crippen molar-refractivity contribution < 1.29 is 17.9 Å². The molecule has 2 rings (SSSR count). The van der Waals surface area contributed by atoms with Gasteiger partial charge in [-0.1, -0.05) is 17.7 Å². The number of carbonyl (C=O) groups excluding carboxylic acids is 1. The molecule has 2 aromatic carbocycles. The van der Waals surface area contributed by atoms with E-state index in [0.717, 1.165) is 5.56 Å². The van der Waals surface area contributed by atoms with Gasteiger partial charge < -0.3 is 4.74 Å². The lowest BCUT2D eigenvalue weighted by Gasteiger charge is -1.99. The van der Waals surface area contributed by atoms with Gasteiger partial charge in [0, 0.05) is 10.8 Å². The van der Waals surface area contributed by atoms with Crippen LogP contribution in [0.5, 0.6) is 0 Å². The minimum absolute atomic E-state index is 0.164. The summed E-state index contributed by atoms with van der Waals surface area (Å²) in [4.78, 5) is 11.5. The van der Waals surface area contributed by atoms with Crippen LogP contribution in [0, 0.1) is 18.1 Å².